The Bertz CT molecular complexity index is 256. The Morgan fingerprint density at radius 1 is 1.64 bits per heavy atom. The summed E-state index contributed by atoms with van der Waals surface area (Å²) in [4.78, 5) is 0. The molecule has 1 aliphatic rings. The summed E-state index contributed by atoms with van der Waals surface area (Å²) in [6.07, 6.45) is 0.976. The Morgan fingerprint density at radius 3 is 3.18 bits per heavy atom. The van der Waals surface area contributed by atoms with Crippen molar-refractivity contribution in [3.63, 3.8) is 0 Å². The Kier molecular flexibility index (Phi) is 1.73. The molecule has 0 amide bonds. The van der Waals surface area contributed by atoms with Gasteiger partial charge in [-0.2, -0.15) is 5.10 Å². The molecule has 0 atom stereocenters. The molecule has 0 aliphatic carbocycles. The minimum Gasteiger partial charge on any atom is -0.375 e. The molecule has 0 aromatic carbocycles. The molecule has 0 N–H and O–H groups in total. The first-order valence-corrected chi connectivity index (χ1v) is 4.36. The average molecular weight is 217 g/mol. The van der Waals surface area contributed by atoms with Gasteiger partial charge in [-0.1, -0.05) is 0 Å². The number of aromatic nitrogens is 2. The highest BCUT2D eigenvalue weighted by Gasteiger charge is 2.17. The van der Waals surface area contributed by atoms with Crippen LogP contribution in [0.4, 0.5) is 0 Å². The molecule has 0 saturated carbocycles. The monoisotopic (exact) mass is 216 g/mol. The van der Waals surface area contributed by atoms with E-state index in [0.717, 1.165) is 17.6 Å². The van der Waals surface area contributed by atoms with Crippen LogP contribution in [0.5, 0.6) is 0 Å². The molecule has 11 heavy (non-hydrogen) atoms. The lowest BCUT2D eigenvalue weighted by Crippen LogP contribution is -2.11. The molecule has 0 fully saturated rings. The van der Waals surface area contributed by atoms with Crippen molar-refractivity contribution >= 4 is 15.9 Å². The predicted molar refractivity (Wildman–Crippen MR) is 44.3 cm³/mol. The second-order valence-electron chi connectivity index (χ2n) is 2.64. The zero-order valence-electron chi connectivity index (χ0n) is 6.30. The number of fused-ring (bicyclic) bond motifs is 1. The summed E-state index contributed by atoms with van der Waals surface area (Å²) >= 11 is 3.42. The first kappa shape index (κ1) is 7.31. The summed E-state index contributed by atoms with van der Waals surface area (Å²) in [5, 5.41) is 4.25. The van der Waals surface area contributed by atoms with E-state index in [1.54, 1.807) is 0 Å². The number of rotatable bonds is 0. The van der Waals surface area contributed by atoms with Gasteiger partial charge in [0, 0.05) is 19.0 Å². The minimum absolute atomic E-state index is 0.699. The molecule has 3 nitrogen and oxygen atoms in total. The highest BCUT2D eigenvalue weighted by atomic mass is 79.9. The number of hydrogen-bond acceptors (Lipinski definition) is 2. The Hall–Kier alpha value is -0.350. The third-order valence-corrected chi connectivity index (χ3v) is 2.60. The van der Waals surface area contributed by atoms with Gasteiger partial charge in [-0.25, -0.2) is 0 Å². The molecule has 0 spiro atoms. The van der Waals surface area contributed by atoms with Crippen LogP contribution in [0.25, 0.3) is 0 Å². The Labute approximate surface area is 73.5 Å². The molecule has 4 heteroatoms. The van der Waals surface area contributed by atoms with Gasteiger partial charge in [0.2, 0.25) is 0 Å². The Morgan fingerprint density at radius 2 is 2.45 bits per heavy atom. The summed E-state index contributed by atoms with van der Waals surface area (Å²) in [5.74, 6) is 0. The normalized spacial score (nSPS) is 16.5. The lowest BCUT2D eigenvalue weighted by Gasteiger charge is -2.12. The van der Waals surface area contributed by atoms with Gasteiger partial charge < -0.3 is 4.74 Å². The van der Waals surface area contributed by atoms with E-state index in [-0.39, 0.29) is 0 Å². The molecule has 0 unspecified atom stereocenters. The number of nitrogens with zero attached hydrogens (tertiary/aromatic N) is 2. The van der Waals surface area contributed by atoms with E-state index in [0.29, 0.717) is 6.61 Å². The predicted octanol–water partition coefficient (Wildman–Crippen LogP) is 1.26. The van der Waals surface area contributed by atoms with Gasteiger partial charge in [0.25, 0.3) is 0 Å². The van der Waals surface area contributed by atoms with E-state index in [4.69, 9.17) is 4.74 Å². The Balaban J connectivity index is 2.52. The maximum Gasteiger partial charge on any atom is 0.131 e. The van der Waals surface area contributed by atoms with Gasteiger partial charge in [-0.15, -0.1) is 0 Å². The molecule has 2 heterocycles. The fourth-order valence-electron chi connectivity index (χ4n) is 1.34. The third kappa shape index (κ3) is 1.10. The molecule has 2 rings (SSSR count). The molecular formula is C7H9BrN2O. The van der Waals surface area contributed by atoms with Crippen LogP contribution in [-0.4, -0.2) is 16.4 Å². The molecule has 60 valence electrons. The molecule has 1 aliphatic heterocycles. The zero-order chi connectivity index (χ0) is 7.84. The topological polar surface area (TPSA) is 27.1 Å². The van der Waals surface area contributed by atoms with Crippen LogP contribution in [0.1, 0.15) is 11.3 Å². The highest BCUT2D eigenvalue weighted by molar-refractivity contribution is 9.10. The van der Waals surface area contributed by atoms with Crippen LogP contribution >= 0.6 is 15.9 Å². The van der Waals surface area contributed by atoms with E-state index in [2.05, 4.69) is 21.0 Å². The SMILES string of the molecule is Cn1nc(Br)c2c1COCC2. The summed E-state index contributed by atoms with van der Waals surface area (Å²) < 4.78 is 8.15. The van der Waals surface area contributed by atoms with E-state index >= 15 is 0 Å². The highest BCUT2D eigenvalue weighted by Crippen LogP contribution is 2.23. The summed E-state index contributed by atoms with van der Waals surface area (Å²) in [6.45, 7) is 1.52. The number of ether oxygens (including phenoxy) is 1. The van der Waals surface area contributed by atoms with Gasteiger partial charge in [0.15, 0.2) is 0 Å². The van der Waals surface area contributed by atoms with Crippen LogP contribution < -0.4 is 0 Å². The minimum atomic E-state index is 0.699. The average Bonchev–Trinajstić information content (AvgIpc) is 2.30. The lowest BCUT2D eigenvalue weighted by molar-refractivity contribution is 0.105. The molecule has 1 aromatic rings. The number of aryl methyl sites for hydroxylation is 1. The molecule has 0 bridgehead atoms. The molecule has 0 radical (unpaired) electrons. The summed E-state index contributed by atoms with van der Waals surface area (Å²) in [5.41, 5.74) is 2.50. The molecule has 0 saturated heterocycles. The van der Waals surface area contributed by atoms with Crippen molar-refractivity contribution in [2.75, 3.05) is 6.61 Å². The van der Waals surface area contributed by atoms with Crippen molar-refractivity contribution in [1.82, 2.24) is 9.78 Å². The van der Waals surface area contributed by atoms with Crippen molar-refractivity contribution in [2.45, 2.75) is 13.0 Å². The quantitative estimate of drug-likeness (QED) is 0.654. The van der Waals surface area contributed by atoms with Crippen molar-refractivity contribution in [1.29, 1.82) is 0 Å². The first-order valence-electron chi connectivity index (χ1n) is 3.57. The van der Waals surface area contributed by atoms with Crippen LogP contribution in [0.15, 0.2) is 4.60 Å². The van der Waals surface area contributed by atoms with E-state index in [9.17, 15) is 0 Å². The number of hydrogen-bond donors (Lipinski definition) is 0. The van der Waals surface area contributed by atoms with Crippen molar-refractivity contribution in [3.8, 4) is 0 Å². The second-order valence-corrected chi connectivity index (χ2v) is 3.39. The van der Waals surface area contributed by atoms with E-state index in [1.807, 2.05) is 11.7 Å². The third-order valence-electron chi connectivity index (χ3n) is 1.96. The number of halogens is 1. The fourth-order valence-corrected chi connectivity index (χ4v) is 2.00. The lowest BCUT2D eigenvalue weighted by atomic mass is 10.1. The van der Waals surface area contributed by atoms with Crippen LogP contribution in [0.3, 0.4) is 0 Å². The van der Waals surface area contributed by atoms with Crippen molar-refractivity contribution in [2.24, 2.45) is 7.05 Å². The van der Waals surface area contributed by atoms with E-state index < -0.39 is 0 Å². The van der Waals surface area contributed by atoms with Gasteiger partial charge in [-0.3, -0.25) is 4.68 Å². The van der Waals surface area contributed by atoms with Gasteiger partial charge in [0.05, 0.1) is 18.9 Å². The van der Waals surface area contributed by atoms with Crippen molar-refractivity contribution < 1.29 is 4.74 Å². The van der Waals surface area contributed by atoms with E-state index in [1.165, 1.54) is 11.3 Å². The zero-order valence-corrected chi connectivity index (χ0v) is 7.89. The van der Waals surface area contributed by atoms with Gasteiger partial charge in [0.1, 0.15) is 4.60 Å². The largest absolute Gasteiger partial charge is 0.375 e. The van der Waals surface area contributed by atoms with Crippen molar-refractivity contribution in [3.05, 3.63) is 15.9 Å². The standard InChI is InChI=1S/C7H9BrN2O/c1-10-6-4-11-3-2-5(6)7(8)9-10/h2-4H2,1H3. The smallest absolute Gasteiger partial charge is 0.131 e. The molecular weight excluding hydrogens is 208 g/mol. The maximum atomic E-state index is 5.31. The van der Waals surface area contributed by atoms with Gasteiger partial charge in [-0.05, 0) is 15.9 Å². The fraction of sp³-hybridized carbons (Fsp3) is 0.571. The first-order chi connectivity index (χ1) is 5.29. The summed E-state index contributed by atoms with van der Waals surface area (Å²) in [6, 6.07) is 0. The van der Waals surface area contributed by atoms with Crippen LogP contribution in [0, 0.1) is 0 Å². The van der Waals surface area contributed by atoms with Crippen LogP contribution in [0.2, 0.25) is 0 Å². The maximum absolute atomic E-state index is 5.31. The molecule has 1 aromatic heterocycles. The second kappa shape index (κ2) is 2.60. The van der Waals surface area contributed by atoms with Gasteiger partial charge >= 0.3 is 0 Å². The van der Waals surface area contributed by atoms with Crippen LogP contribution in [-0.2, 0) is 24.8 Å². The summed E-state index contributed by atoms with van der Waals surface area (Å²) in [7, 11) is 1.94.